The molecule has 4 heteroatoms. The molecule has 0 aliphatic carbocycles. The van der Waals surface area contributed by atoms with Gasteiger partial charge in [-0.25, -0.2) is 0 Å². The summed E-state index contributed by atoms with van der Waals surface area (Å²) in [4.78, 5) is 12.7. The first-order chi connectivity index (χ1) is 11.6. The van der Waals surface area contributed by atoms with Gasteiger partial charge in [0.15, 0.2) is 5.78 Å². The van der Waals surface area contributed by atoms with Gasteiger partial charge >= 0.3 is 0 Å². The molecule has 4 nitrogen and oxygen atoms in total. The Labute approximate surface area is 150 Å². The highest BCUT2D eigenvalue weighted by molar-refractivity contribution is 6.03. The van der Waals surface area contributed by atoms with E-state index >= 15 is 0 Å². The van der Waals surface area contributed by atoms with Crippen molar-refractivity contribution in [2.24, 2.45) is 5.92 Å². The van der Waals surface area contributed by atoms with Crippen LogP contribution in [0.5, 0.6) is 17.2 Å². The van der Waals surface area contributed by atoms with Crippen LogP contribution >= 0.6 is 0 Å². The van der Waals surface area contributed by atoms with Crippen molar-refractivity contribution in [2.45, 2.75) is 60.8 Å². The fourth-order valence-electron chi connectivity index (χ4n) is 2.47. The molecule has 1 aromatic carbocycles. The van der Waals surface area contributed by atoms with Crippen molar-refractivity contribution in [1.82, 2.24) is 0 Å². The first-order valence-corrected chi connectivity index (χ1v) is 8.69. The predicted molar refractivity (Wildman–Crippen MR) is 99.3 cm³/mol. The summed E-state index contributed by atoms with van der Waals surface area (Å²) in [6.45, 7) is 11.2. The minimum atomic E-state index is -0.397. The molecule has 0 heterocycles. The zero-order valence-electron chi connectivity index (χ0n) is 16.1. The van der Waals surface area contributed by atoms with E-state index in [2.05, 4.69) is 0 Å². The number of allylic oxidation sites excluding steroid dienone is 4. The number of phenols is 2. The molecular weight excluding hydrogens is 316 g/mol. The average molecular weight is 345 g/mol. The highest BCUT2D eigenvalue weighted by atomic mass is 16.3. The van der Waals surface area contributed by atoms with Crippen molar-refractivity contribution in [2.75, 3.05) is 0 Å². The topological polar surface area (TPSA) is 80.6 Å². The summed E-state index contributed by atoms with van der Waals surface area (Å²) in [5.74, 6) is -1.85. The van der Waals surface area contributed by atoms with Gasteiger partial charge in [-0.1, -0.05) is 42.9 Å². The van der Waals surface area contributed by atoms with E-state index in [4.69, 9.17) is 0 Å². The summed E-state index contributed by atoms with van der Waals surface area (Å²) in [6.07, 6.45) is 4.71. The molecule has 0 saturated carbocycles. The smallest absolute Gasteiger partial charge is 0.173 e. The second kappa shape index (κ2) is 8.75. The summed E-state index contributed by atoms with van der Waals surface area (Å²) in [5.41, 5.74) is 2.23. The van der Waals surface area contributed by atoms with Crippen LogP contribution < -0.4 is 5.11 Å². The Morgan fingerprint density at radius 3 is 1.72 bits per heavy atom. The number of ketones is 1. The number of Topliss-reactive ketones (excluding diaryl/α,β-unsaturated/α-hetero) is 1. The first kappa shape index (κ1) is 20.8. The lowest BCUT2D eigenvalue weighted by Crippen LogP contribution is -2.14. The van der Waals surface area contributed by atoms with Crippen LogP contribution in [0.4, 0.5) is 0 Å². The lowest BCUT2D eigenvalue weighted by Gasteiger charge is -2.24. The van der Waals surface area contributed by atoms with Crippen molar-refractivity contribution in [3.05, 3.63) is 40.0 Å². The normalized spacial score (nSPS) is 11.8. The number of phenolic OH excluding ortho intramolecular Hbond substituents is 2. The van der Waals surface area contributed by atoms with Gasteiger partial charge < -0.3 is 15.3 Å². The van der Waals surface area contributed by atoms with Gasteiger partial charge in [-0.15, -0.1) is 0 Å². The number of aromatic hydroxyl groups is 2. The lowest BCUT2D eigenvalue weighted by atomic mass is 9.89. The number of hydrogen-bond acceptors (Lipinski definition) is 4. The third kappa shape index (κ3) is 4.88. The van der Waals surface area contributed by atoms with Crippen LogP contribution in [0, 0.1) is 5.92 Å². The van der Waals surface area contributed by atoms with Crippen LogP contribution in [0.1, 0.15) is 69.4 Å². The molecule has 0 aliphatic rings. The first-order valence-electron chi connectivity index (χ1n) is 8.69. The third-order valence-corrected chi connectivity index (χ3v) is 4.33. The molecule has 2 N–H and O–H groups in total. The largest absolute Gasteiger partial charge is 0.872 e. The van der Waals surface area contributed by atoms with Crippen LogP contribution in [0.15, 0.2) is 23.3 Å². The number of benzene rings is 1. The molecule has 0 spiro atoms. The Morgan fingerprint density at radius 1 is 1.00 bits per heavy atom. The van der Waals surface area contributed by atoms with Gasteiger partial charge in [-0.3, -0.25) is 4.79 Å². The highest BCUT2D eigenvalue weighted by Gasteiger charge is 2.26. The lowest BCUT2D eigenvalue weighted by molar-refractivity contribution is -0.270. The van der Waals surface area contributed by atoms with Gasteiger partial charge in [0.25, 0.3) is 0 Å². The van der Waals surface area contributed by atoms with Gasteiger partial charge in [-0.2, -0.15) is 0 Å². The number of hydrogen-bond donors (Lipinski definition) is 2. The monoisotopic (exact) mass is 345 g/mol. The van der Waals surface area contributed by atoms with Crippen LogP contribution in [-0.2, 0) is 12.8 Å². The number of rotatable bonds is 7. The SMILES string of the molecule is CCC(C)C(=O)c1c(O)c(CC=C(C)C)c([O-])c(CC=C(C)C)c1O. The maximum Gasteiger partial charge on any atom is 0.173 e. The molecular formula is C21H29O4-. The minimum absolute atomic E-state index is 0.122. The summed E-state index contributed by atoms with van der Waals surface area (Å²) in [6, 6.07) is 0. The Kier molecular flexibility index (Phi) is 7.28. The van der Waals surface area contributed by atoms with E-state index in [9.17, 15) is 20.1 Å². The average Bonchev–Trinajstić information content (AvgIpc) is 2.52. The molecule has 1 atom stereocenters. The Hall–Kier alpha value is -2.23. The summed E-state index contributed by atoms with van der Waals surface area (Å²) in [5, 5.41) is 33.9. The molecule has 0 saturated heterocycles. The quantitative estimate of drug-likeness (QED) is 0.566. The molecule has 1 unspecified atom stereocenters. The molecule has 0 bridgehead atoms. The Bertz CT molecular complexity index is 656. The second-order valence-electron chi connectivity index (χ2n) is 7.00. The Balaban J connectivity index is 3.67. The van der Waals surface area contributed by atoms with Gasteiger partial charge in [-0.05, 0) is 58.1 Å². The van der Waals surface area contributed by atoms with E-state index in [-0.39, 0.29) is 52.7 Å². The van der Waals surface area contributed by atoms with Crippen LogP contribution in [0.25, 0.3) is 0 Å². The molecule has 1 aromatic rings. The van der Waals surface area contributed by atoms with E-state index < -0.39 is 5.75 Å². The van der Waals surface area contributed by atoms with Crippen molar-refractivity contribution >= 4 is 5.78 Å². The van der Waals surface area contributed by atoms with Crippen LogP contribution in [-0.4, -0.2) is 16.0 Å². The molecule has 0 fully saturated rings. The molecule has 1 rings (SSSR count). The molecule has 25 heavy (non-hydrogen) atoms. The van der Waals surface area contributed by atoms with E-state index in [0.717, 1.165) is 11.1 Å². The zero-order valence-corrected chi connectivity index (χ0v) is 16.1. The van der Waals surface area contributed by atoms with Crippen molar-refractivity contribution in [1.29, 1.82) is 0 Å². The van der Waals surface area contributed by atoms with Gasteiger partial charge in [0.1, 0.15) is 17.1 Å². The molecule has 0 radical (unpaired) electrons. The van der Waals surface area contributed by atoms with Crippen LogP contribution in [0.3, 0.4) is 0 Å². The van der Waals surface area contributed by atoms with Gasteiger partial charge in [0, 0.05) is 5.92 Å². The van der Waals surface area contributed by atoms with E-state index in [1.54, 1.807) is 6.92 Å². The van der Waals surface area contributed by atoms with Gasteiger partial charge in [0.05, 0.1) is 0 Å². The number of carbonyl (C=O) groups excluding carboxylic acids is 1. The fraction of sp³-hybridized carbons (Fsp3) is 0.476. The molecule has 138 valence electrons. The summed E-state index contributed by atoms with van der Waals surface area (Å²) < 4.78 is 0. The predicted octanol–water partition coefficient (Wildman–Crippen LogP) is 4.42. The second-order valence-corrected chi connectivity index (χ2v) is 7.00. The fourth-order valence-corrected chi connectivity index (χ4v) is 2.47. The molecule has 0 amide bonds. The van der Waals surface area contributed by atoms with Crippen molar-refractivity contribution < 1.29 is 20.1 Å². The summed E-state index contributed by atoms with van der Waals surface area (Å²) >= 11 is 0. The van der Waals surface area contributed by atoms with Crippen molar-refractivity contribution in [3.8, 4) is 17.2 Å². The van der Waals surface area contributed by atoms with E-state index in [1.165, 1.54) is 0 Å². The third-order valence-electron chi connectivity index (χ3n) is 4.33. The zero-order chi connectivity index (χ0) is 19.3. The van der Waals surface area contributed by atoms with Crippen molar-refractivity contribution in [3.63, 3.8) is 0 Å². The maximum atomic E-state index is 12.8. The van der Waals surface area contributed by atoms with E-state index in [0.29, 0.717) is 6.42 Å². The molecule has 0 aromatic heterocycles. The van der Waals surface area contributed by atoms with E-state index in [1.807, 2.05) is 46.8 Å². The molecule has 0 aliphatic heterocycles. The minimum Gasteiger partial charge on any atom is -0.872 e. The van der Waals surface area contributed by atoms with Gasteiger partial charge in [0.2, 0.25) is 0 Å². The summed E-state index contributed by atoms with van der Waals surface area (Å²) in [7, 11) is 0. The standard InChI is InChI=1S/C21H30O4/c1-7-14(6)18(22)17-20(24)15(10-8-12(2)3)19(23)16(21(17)25)11-9-13(4)5/h8-9,14,23-25H,7,10-11H2,1-6H3/p-1. The highest BCUT2D eigenvalue weighted by Crippen LogP contribution is 2.43. The maximum absolute atomic E-state index is 12.8. The number of carbonyl (C=O) groups is 1. The Morgan fingerprint density at radius 2 is 1.40 bits per heavy atom. The van der Waals surface area contributed by atoms with Crippen LogP contribution in [0.2, 0.25) is 0 Å².